The van der Waals surface area contributed by atoms with Gasteiger partial charge in [-0.1, -0.05) is 11.6 Å². The molecular formula is C13H13ClN2O3. The van der Waals surface area contributed by atoms with E-state index >= 15 is 0 Å². The molecule has 6 heteroatoms. The largest absolute Gasteiger partial charge is 0.493 e. The first-order valence-corrected chi connectivity index (χ1v) is 5.83. The highest BCUT2D eigenvalue weighted by Crippen LogP contribution is 2.36. The van der Waals surface area contributed by atoms with Crippen molar-refractivity contribution in [1.82, 2.24) is 0 Å². The van der Waals surface area contributed by atoms with Crippen molar-refractivity contribution in [2.24, 2.45) is 5.73 Å². The molecule has 0 radical (unpaired) electrons. The molecule has 0 aliphatic rings. The number of methoxy groups -OCH3 is 1. The summed E-state index contributed by atoms with van der Waals surface area (Å²) in [6.07, 6.45) is 1.34. The minimum atomic E-state index is -0.800. The highest BCUT2D eigenvalue weighted by molar-refractivity contribution is 6.32. The summed E-state index contributed by atoms with van der Waals surface area (Å²) >= 11 is 6.06. The molecular weight excluding hydrogens is 268 g/mol. The first-order chi connectivity index (χ1) is 9.03. The van der Waals surface area contributed by atoms with Crippen molar-refractivity contribution < 1.29 is 14.3 Å². The second kappa shape index (κ2) is 6.66. The van der Waals surface area contributed by atoms with Crippen LogP contribution in [-0.2, 0) is 4.79 Å². The number of benzene rings is 1. The van der Waals surface area contributed by atoms with Crippen molar-refractivity contribution >= 4 is 23.6 Å². The van der Waals surface area contributed by atoms with Crippen LogP contribution in [0.15, 0.2) is 17.7 Å². The lowest BCUT2D eigenvalue weighted by atomic mass is 10.1. The molecule has 0 saturated heterocycles. The molecule has 1 amide bonds. The summed E-state index contributed by atoms with van der Waals surface area (Å²) in [7, 11) is 1.47. The molecule has 0 aliphatic carbocycles. The van der Waals surface area contributed by atoms with Crippen LogP contribution in [0.1, 0.15) is 12.5 Å². The number of carbonyl (C=O) groups excluding carboxylic acids is 1. The second-order valence-electron chi connectivity index (χ2n) is 3.50. The molecule has 0 spiro atoms. The Kier molecular flexibility index (Phi) is 5.22. The number of primary amides is 1. The van der Waals surface area contributed by atoms with Gasteiger partial charge in [0, 0.05) is 0 Å². The third-order valence-corrected chi connectivity index (χ3v) is 2.52. The van der Waals surface area contributed by atoms with E-state index in [9.17, 15) is 4.79 Å². The van der Waals surface area contributed by atoms with Crippen LogP contribution in [0.2, 0.25) is 5.02 Å². The lowest BCUT2D eigenvalue weighted by Crippen LogP contribution is -2.12. The van der Waals surface area contributed by atoms with E-state index in [1.54, 1.807) is 18.2 Å². The van der Waals surface area contributed by atoms with Gasteiger partial charge in [0.25, 0.3) is 5.91 Å². The van der Waals surface area contributed by atoms with Crippen LogP contribution in [0.25, 0.3) is 6.08 Å². The SMILES string of the molecule is CCOc1c(Cl)cc(C=C(C#N)C(N)=O)cc1OC. The van der Waals surface area contributed by atoms with E-state index in [1.165, 1.54) is 13.2 Å². The number of nitriles is 1. The Bertz CT molecular complexity index is 562. The molecule has 0 saturated carbocycles. The first-order valence-electron chi connectivity index (χ1n) is 5.45. The van der Waals surface area contributed by atoms with Crippen molar-refractivity contribution in [2.75, 3.05) is 13.7 Å². The molecule has 0 unspecified atom stereocenters. The summed E-state index contributed by atoms with van der Waals surface area (Å²) in [5, 5.41) is 9.11. The Balaban J connectivity index is 3.30. The zero-order valence-electron chi connectivity index (χ0n) is 10.6. The van der Waals surface area contributed by atoms with Gasteiger partial charge in [-0.2, -0.15) is 5.26 Å². The lowest BCUT2D eigenvalue weighted by Gasteiger charge is -2.12. The molecule has 0 bridgehead atoms. The number of rotatable bonds is 5. The van der Waals surface area contributed by atoms with Crippen LogP contribution in [-0.4, -0.2) is 19.6 Å². The molecule has 0 fully saturated rings. The molecule has 2 N–H and O–H groups in total. The third kappa shape index (κ3) is 3.63. The van der Waals surface area contributed by atoms with E-state index in [0.717, 1.165) is 0 Å². The third-order valence-electron chi connectivity index (χ3n) is 2.24. The molecule has 1 aromatic carbocycles. The van der Waals surface area contributed by atoms with Gasteiger partial charge in [0.2, 0.25) is 0 Å². The maximum absolute atomic E-state index is 11.0. The predicted octanol–water partition coefficient (Wildman–Crippen LogP) is 2.14. The van der Waals surface area contributed by atoms with Gasteiger partial charge in [0.05, 0.1) is 18.7 Å². The van der Waals surface area contributed by atoms with E-state index in [4.69, 9.17) is 32.1 Å². The fourth-order valence-electron chi connectivity index (χ4n) is 1.43. The average Bonchev–Trinajstić information content (AvgIpc) is 2.38. The number of ether oxygens (including phenoxy) is 2. The van der Waals surface area contributed by atoms with Crippen molar-refractivity contribution in [3.05, 3.63) is 28.3 Å². The van der Waals surface area contributed by atoms with Crippen LogP contribution >= 0.6 is 11.6 Å². The lowest BCUT2D eigenvalue weighted by molar-refractivity contribution is -0.114. The second-order valence-corrected chi connectivity index (χ2v) is 3.91. The Labute approximate surface area is 116 Å². The van der Waals surface area contributed by atoms with Gasteiger partial charge < -0.3 is 15.2 Å². The summed E-state index contributed by atoms with van der Waals surface area (Å²) in [5.41, 5.74) is 5.43. The molecule has 0 aromatic heterocycles. The molecule has 100 valence electrons. The number of nitrogens with zero attached hydrogens (tertiary/aromatic N) is 1. The quantitative estimate of drug-likeness (QED) is 0.661. The van der Waals surface area contributed by atoms with Crippen LogP contribution in [0.3, 0.4) is 0 Å². The van der Waals surface area contributed by atoms with Gasteiger partial charge in [0.15, 0.2) is 11.5 Å². The van der Waals surface area contributed by atoms with Crippen LogP contribution in [0.4, 0.5) is 0 Å². The van der Waals surface area contributed by atoms with Gasteiger partial charge in [0.1, 0.15) is 11.6 Å². The fourth-order valence-corrected chi connectivity index (χ4v) is 1.71. The van der Waals surface area contributed by atoms with Crippen molar-refractivity contribution in [3.8, 4) is 17.6 Å². The summed E-state index contributed by atoms with van der Waals surface area (Å²) in [6, 6.07) is 4.89. The van der Waals surface area contributed by atoms with Crippen molar-refractivity contribution in [3.63, 3.8) is 0 Å². The highest BCUT2D eigenvalue weighted by atomic mass is 35.5. The monoisotopic (exact) mass is 280 g/mol. The van der Waals surface area contributed by atoms with Crippen molar-refractivity contribution in [2.45, 2.75) is 6.92 Å². The first kappa shape index (κ1) is 14.9. The molecule has 1 aromatic rings. The maximum Gasteiger partial charge on any atom is 0.259 e. The van der Waals surface area contributed by atoms with Crippen molar-refractivity contribution in [1.29, 1.82) is 5.26 Å². The van der Waals surface area contributed by atoms with Crippen LogP contribution < -0.4 is 15.2 Å². The van der Waals surface area contributed by atoms with Gasteiger partial charge in [-0.15, -0.1) is 0 Å². The van der Waals surface area contributed by atoms with Crippen LogP contribution in [0.5, 0.6) is 11.5 Å². The summed E-state index contributed by atoms with van der Waals surface area (Å²) in [6.45, 7) is 2.26. The summed E-state index contributed by atoms with van der Waals surface area (Å²) < 4.78 is 10.5. The number of carbonyl (C=O) groups is 1. The number of amides is 1. The van der Waals surface area contributed by atoms with Crippen LogP contribution in [0, 0.1) is 11.3 Å². The minimum absolute atomic E-state index is 0.165. The van der Waals surface area contributed by atoms with E-state index in [1.807, 2.05) is 6.92 Å². The van der Waals surface area contributed by atoms with E-state index in [2.05, 4.69) is 0 Å². The fraction of sp³-hybridized carbons (Fsp3) is 0.231. The predicted molar refractivity (Wildman–Crippen MR) is 72.0 cm³/mol. The van der Waals surface area contributed by atoms with Gasteiger partial charge >= 0.3 is 0 Å². The Morgan fingerprint density at radius 2 is 2.26 bits per heavy atom. The maximum atomic E-state index is 11.0. The highest BCUT2D eigenvalue weighted by Gasteiger charge is 2.12. The zero-order chi connectivity index (χ0) is 14.4. The normalized spacial score (nSPS) is 10.7. The minimum Gasteiger partial charge on any atom is -0.493 e. The molecule has 0 heterocycles. The number of hydrogen-bond donors (Lipinski definition) is 1. The molecule has 5 nitrogen and oxygen atoms in total. The standard InChI is InChI=1S/C13H13ClN2O3/c1-3-19-12-10(14)5-8(6-11(12)18-2)4-9(7-15)13(16)17/h4-6H,3H2,1-2H3,(H2,16,17). The Hall–Kier alpha value is -2.19. The van der Waals surface area contributed by atoms with Gasteiger partial charge in [-0.25, -0.2) is 0 Å². The zero-order valence-corrected chi connectivity index (χ0v) is 11.3. The smallest absolute Gasteiger partial charge is 0.259 e. The molecule has 0 aliphatic heterocycles. The molecule has 0 atom stereocenters. The van der Waals surface area contributed by atoms with Gasteiger partial charge in [-0.3, -0.25) is 4.79 Å². The van der Waals surface area contributed by atoms with E-state index in [0.29, 0.717) is 28.7 Å². The average molecular weight is 281 g/mol. The Morgan fingerprint density at radius 3 is 2.74 bits per heavy atom. The van der Waals surface area contributed by atoms with Gasteiger partial charge in [-0.05, 0) is 30.7 Å². The number of nitrogens with two attached hydrogens (primary N) is 1. The number of hydrogen-bond acceptors (Lipinski definition) is 4. The summed E-state index contributed by atoms with van der Waals surface area (Å²) in [4.78, 5) is 11.0. The number of halogens is 1. The van der Waals surface area contributed by atoms with E-state index < -0.39 is 5.91 Å². The van der Waals surface area contributed by atoms with E-state index in [-0.39, 0.29) is 5.57 Å². The summed E-state index contributed by atoms with van der Waals surface area (Å²) in [5.74, 6) is 0.0373. The topological polar surface area (TPSA) is 85.3 Å². The Morgan fingerprint density at radius 1 is 1.58 bits per heavy atom. The molecule has 1 rings (SSSR count). The molecule has 19 heavy (non-hydrogen) atoms.